The van der Waals surface area contributed by atoms with Gasteiger partial charge < -0.3 is 24.4 Å². The van der Waals surface area contributed by atoms with Crippen LogP contribution in [0.5, 0.6) is 0 Å². The summed E-state index contributed by atoms with van der Waals surface area (Å²) in [6, 6.07) is 36.9. The molecule has 0 radical (unpaired) electrons. The minimum absolute atomic E-state index is 0.00382. The van der Waals surface area contributed by atoms with Crippen molar-refractivity contribution in [2.45, 2.75) is 140 Å². The summed E-state index contributed by atoms with van der Waals surface area (Å²) in [5.41, 5.74) is 3.57. The van der Waals surface area contributed by atoms with Crippen LogP contribution in [0.3, 0.4) is 0 Å². The molecular formula is C50H66O9S2. The van der Waals surface area contributed by atoms with E-state index < -0.39 is 40.9 Å². The molecule has 0 aliphatic heterocycles. The lowest BCUT2D eigenvalue weighted by molar-refractivity contribution is -0.163. The molecule has 0 heterocycles. The van der Waals surface area contributed by atoms with Gasteiger partial charge in [0.25, 0.3) is 0 Å². The van der Waals surface area contributed by atoms with Crippen molar-refractivity contribution in [1.82, 2.24) is 0 Å². The number of benzene rings is 4. The molecule has 61 heavy (non-hydrogen) atoms. The number of carbonyl (C=O) groups is 4. The summed E-state index contributed by atoms with van der Waals surface area (Å²) in [4.78, 5) is 48.5. The van der Waals surface area contributed by atoms with E-state index in [0.717, 1.165) is 10.5 Å². The molecule has 4 aromatic rings. The summed E-state index contributed by atoms with van der Waals surface area (Å²) in [7, 11) is 0. The zero-order valence-corrected chi connectivity index (χ0v) is 39.5. The normalized spacial score (nSPS) is 14.2. The van der Waals surface area contributed by atoms with Gasteiger partial charge >= 0.3 is 23.9 Å². The van der Waals surface area contributed by atoms with E-state index in [4.69, 9.17) is 19.3 Å². The number of aliphatic hydroxyl groups excluding tert-OH is 1. The van der Waals surface area contributed by atoms with Gasteiger partial charge in [0.1, 0.15) is 17.3 Å². The number of carboxylic acids is 1. The van der Waals surface area contributed by atoms with E-state index in [1.807, 2.05) is 90.1 Å². The fraction of sp³-hybridized carbons (Fsp3) is 0.440. The Labute approximate surface area is 372 Å². The molecule has 332 valence electrons. The van der Waals surface area contributed by atoms with E-state index in [2.05, 4.69) is 67.6 Å². The van der Waals surface area contributed by atoms with E-state index in [0.29, 0.717) is 0 Å². The third-order valence-electron chi connectivity index (χ3n) is 8.60. The molecule has 0 aliphatic carbocycles. The highest BCUT2D eigenvalue weighted by Gasteiger charge is 2.29. The number of aliphatic carboxylic acids is 1. The molecule has 0 amide bonds. The van der Waals surface area contributed by atoms with Crippen LogP contribution in [0.4, 0.5) is 0 Å². The molecule has 4 aromatic carbocycles. The van der Waals surface area contributed by atoms with Crippen LogP contribution in [0.25, 0.3) is 0 Å². The number of rotatable bonds is 15. The molecule has 0 saturated carbocycles. The lowest BCUT2D eigenvalue weighted by atomic mass is 10.1. The Balaban J connectivity index is 0.000000350. The van der Waals surface area contributed by atoms with Gasteiger partial charge in [0.2, 0.25) is 0 Å². The van der Waals surface area contributed by atoms with E-state index in [9.17, 15) is 24.3 Å². The van der Waals surface area contributed by atoms with Crippen molar-refractivity contribution in [3.63, 3.8) is 0 Å². The Kier molecular flexibility index (Phi) is 21.9. The molecule has 11 heteroatoms. The van der Waals surface area contributed by atoms with Crippen LogP contribution in [0.1, 0.15) is 115 Å². The molecule has 0 fully saturated rings. The quantitative estimate of drug-likeness (QED) is 0.0671. The molecule has 6 atom stereocenters. The highest BCUT2D eigenvalue weighted by Crippen LogP contribution is 2.40. The Hall–Kier alpha value is -4.58. The Bertz CT molecular complexity index is 1920. The third-order valence-corrected chi connectivity index (χ3v) is 11.5. The number of thioether (sulfide) groups is 2. The molecule has 4 rings (SSSR count). The van der Waals surface area contributed by atoms with Gasteiger partial charge in [-0.2, -0.15) is 0 Å². The van der Waals surface area contributed by atoms with Gasteiger partial charge in [-0.05, 0) is 105 Å². The number of hydrogen-bond donors (Lipinski definition) is 2. The second-order valence-corrected chi connectivity index (χ2v) is 19.6. The first-order chi connectivity index (χ1) is 28.4. The van der Waals surface area contributed by atoms with Crippen LogP contribution in [-0.4, -0.2) is 57.5 Å². The number of ether oxygens (including phenoxy) is 3. The van der Waals surface area contributed by atoms with Crippen LogP contribution < -0.4 is 0 Å². The molecule has 9 nitrogen and oxygen atoms in total. The highest BCUT2D eigenvalue weighted by molar-refractivity contribution is 7.99. The van der Waals surface area contributed by atoms with Gasteiger partial charge in [-0.15, -0.1) is 23.5 Å². The first-order valence-electron chi connectivity index (χ1n) is 20.6. The maximum atomic E-state index is 12.7. The van der Waals surface area contributed by atoms with E-state index >= 15 is 0 Å². The highest BCUT2D eigenvalue weighted by atomic mass is 32.2. The number of aryl methyl sites for hydroxylation is 2. The summed E-state index contributed by atoms with van der Waals surface area (Å²) < 4.78 is 16.1. The SMILES string of the molecule is C[C@H](CC(=O)OC(C)(C)C)C(=O)O.Cc1ccc([C@@H](Sc2ccccc2)[C@H](C)O)cc1.Cc1ccc([C@@H](Sc2ccccc2)[C@H](C)OC(=O)[C@H](C)CC(=O)OC(C)(C)C)cc1. The molecule has 0 spiro atoms. The second-order valence-electron chi connectivity index (χ2n) is 17.1. The molecule has 2 N–H and O–H groups in total. The smallest absolute Gasteiger partial charge is 0.309 e. The van der Waals surface area contributed by atoms with Crippen molar-refractivity contribution < 1.29 is 43.6 Å². The van der Waals surface area contributed by atoms with Crippen molar-refractivity contribution in [3.8, 4) is 0 Å². The van der Waals surface area contributed by atoms with E-state index in [1.165, 1.54) is 28.5 Å². The van der Waals surface area contributed by atoms with Crippen molar-refractivity contribution >= 4 is 47.4 Å². The summed E-state index contributed by atoms with van der Waals surface area (Å²) >= 11 is 3.37. The standard InChI is InChI=1S/C25H32O4S.C16H18OS.C9H16O4/c1-17-12-14-20(15-13-17)23(30-21-10-8-7-9-11-21)19(3)28-24(27)18(2)16-22(26)29-25(4,5)6;1-12-8-10-14(11-9-12)16(13(2)17)18-15-6-4-3-5-7-15;1-6(8(11)12)5-7(10)13-9(2,3)4/h7-15,18-19,23H,16H2,1-6H3;3-11,13,16-17H,1-2H3;6H,5H2,1-4H3,(H,11,12)/t18-,19+,23+;13-,16-;6-/m101/s1. The number of carboxylic acid groups (broad SMARTS) is 1. The zero-order chi connectivity index (χ0) is 45.9. The number of hydrogen-bond acceptors (Lipinski definition) is 10. The molecular weight excluding hydrogens is 809 g/mol. The second kappa shape index (κ2) is 25.4. The predicted molar refractivity (Wildman–Crippen MR) is 247 cm³/mol. The molecule has 0 unspecified atom stereocenters. The topological polar surface area (TPSA) is 136 Å². The van der Waals surface area contributed by atoms with Crippen molar-refractivity contribution in [2.75, 3.05) is 0 Å². The number of carbonyl (C=O) groups excluding carboxylic acids is 3. The zero-order valence-electron chi connectivity index (χ0n) is 37.8. The molecule has 0 aliphatic rings. The summed E-state index contributed by atoms with van der Waals surface area (Å²) in [6.45, 7) is 21.7. The van der Waals surface area contributed by atoms with Gasteiger partial charge in [0.05, 0.1) is 41.3 Å². The van der Waals surface area contributed by atoms with Crippen molar-refractivity contribution in [1.29, 1.82) is 0 Å². The summed E-state index contributed by atoms with van der Waals surface area (Å²) in [5, 5.41) is 18.5. The van der Waals surface area contributed by atoms with Crippen LogP contribution in [0.15, 0.2) is 119 Å². The first kappa shape index (κ1) is 52.6. The summed E-state index contributed by atoms with van der Waals surface area (Å²) in [6.07, 6.45) is -0.819. The predicted octanol–water partition coefficient (Wildman–Crippen LogP) is 11.8. The van der Waals surface area contributed by atoms with Gasteiger partial charge in [0, 0.05) is 9.79 Å². The van der Waals surface area contributed by atoms with E-state index in [-0.39, 0.29) is 41.5 Å². The minimum Gasteiger partial charge on any atom is -0.481 e. The maximum Gasteiger partial charge on any atom is 0.309 e. The molecule has 0 saturated heterocycles. The molecule has 0 aromatic heterocycles. The van der Waals surface area contributed by atoms with Crippen LogP contribution in [0.2, 0.25) is 0 Å². The lowest BCUT2D eigenvalue weighted by Crippen LogP contribution is -2.29. The van der Waals surface area contributed by atoms with Crippen LogP contribution in [-0.2, 0) is 33.4 Å². The summed E-state index contributed by atoms with van der Waals surface area (Å²) in [5.74, 6) is -3.49. The van der Waals surface area contributed by atoms with Gasteiger partial charge in [-0.1, -0.05) is 110 Å². The maximum absolute atomic E-state index is 12.7. The van der Waals surface area contributed by atoms with Gasteiger partial charge in [-0.3, -0.25) is 19.2 Å². The lowest BCUT2D eigenvalue weighted by Gasteiger charge is -2.26. The van der Waals surface area contributed by atoms with Crippen molar-refractivity contribution in [2.24, 2.45) is 11.8 Å². The Morgan fingerprint density at radius 1 is 0.557 bits per heavy atom. The minimum atomic E-state index is -0.981. The van der Waals surface area contributed by atoms with Crippen molar-refractivity contribution in [3.05, 3.63) is 131 Å². The Morgan fingerprint density at radius 3 is 1.28 bits per heavy atom. The third kappa shape index (κ3) is 21.7. The number of esters is 3. The average Bonchev–Trinajstić information content (AvgIpc) is 3.16. The fourth-order valence-corrected chi connectivity index (χ4v) is 7.73. The Morgan fingerprint density at radius 2 is 0.918 bits per heavy atom. The van der Waals surface area contributed by atoms with Gasteiger partial charge in [0.15, 0.2) is 0 Å². The fourth-order valence-electron chi connectivity index (χ4n) is 5.48. The molecule has 0 bridgehead atoms. The largest absolute Gasteiger partial charge is 0.481 e. The number of aliphatic hydroxyl groups is 1. The van der Waals surface area contributed by atoms with Crippen LogP contribution in [0, 0.1) is 25.7 Å². The van der Waals surface area contributed by atoms with Gasteiger partial charge in [-0.25, -0.2) is 0 Å². The monoisotopic (exact) mass is 874 g/mol. The van der Waals surface area contributed by atoms with Crippen LogP contribution >= 0.6 is 23.5 Å². The average molecular weight is 875 g/mol. The van der Waals surface area contributed by atoms with E-state index in [1.54, 1.807) is 51.2 Å². The first-order valence-corrected chi connectivity index (χ1v) is 22.3.